The van der Waals surface area contributed by atoms with Crippen LogP contribution in [-0.4, -0.2) is 12.9 Å². The van der Waals surface area contributed by atoms with Gasteiger partial charge in [-0.05, 0) is 56.5 Å². The van der Waals surface area contributed by atoms with Crippen molar-refractivity contribution in [2.45, 2.75) is 94.0 Å². The molecule has 38 heavy (non-hydrogen) atoms. The first-order valence-corrected chi connectivity index (χ1v) is 13.6. The number of hydrogen-bond acceptors (Lipinski definition) is 4. The largest absolute Gasteiger partial charge is 0.388 e. The van der Waals surface area contributed by atoms with E-state index in [0.717, 1.165) is 44.8 Å². The van der Waals surface area contributed by atoms with Gasteiger partial charge in [0, 0.05) is 34.9 Å². The summed E-state index contributed by atoms with van der Waals surface area (Å²) in [7, 11) is 1.83. The highest BCUT2D eigenvalue weighted by molar-refractivity contribution is 5.85. The zero-order valence-electron chi connectivity index (χ0n) is 25.4. The third kappa shape index (κ3) is 14.6. The van der Waals surface area contributed by atoms with Gasteiger partial charge in [0.25, 0.3) is 0 Å². The first kappa shape index (κ1) is 37.0. The molecule has 0 unspecified atom stereocenters. The highest BCUT2D eigenvalue weighted by Crippen LogP contribution is 2.30. The third-order valence-electron chi connectivity index (χ3n) is 5.46. The lowest BCUT2D eigenvalue weighted by Gasteiger charge is -2.14. The minimum absolute atomic E-state index is 0.0659. The summed E-state index contributed by atoms with van der Waals surface area (Å²) in [6.45, 7) is 23.9. The Morgan fingerprint density at radius 1 is 0.947 bits per heavy atom. The molecule has 0 heterocycles. The minimum atomic E-state index is 0.0659. The van der Waals surface area contributed by atoms with Crippen LogP contribution in [0.15, 0.2) is 48.5 Å². The predicted molar refractivity (Wildman–Crippen MR) is 167 cm³/mol. The number of rotatable bonds is 10. The number of aryl methyl sites for hydroxylation is 3. The second-order valence-electron chi connectivity index (χ2n) is 8.89. The Kier molecular flexibility index (Phi) is 21.4. The van der Waals surface area contributed by atoms with Gasteiger partial charge in [0.05, 0.1) is 11.5 Å². The van der Waals surface area contributed by atoms with Gasteiger partial charge in [0.1, 0.15) is 0 Å². The van der Waals surface area contributed by atoms with Crippen LogP contribution in [0.3, 0.4) is 0 Å². The van der Waals surface area contributed by atoms with Crippen molar-refractivity contribution in [2.24, 2.45) is 16.5 Å². The number of aliphatic imine (C=N–C) groups is 1. The Labute approximate surface area is 232 Å². The SMILES string of the molecule is C=C(NC)c1cc(C)cc(CN)c1N=C(C)N.C=C(OF)c1cc(C)ccc1C.CC.CCCCCCC. The molecular weight excluding hydrogens is 475 g/mol. The van der Waals surface area contributed by atoms with Crippen LogP contribution in [0.4, 0.5) is 10.2 Å². The van der Waals surface area contributed by atoms with Crippen LogP contribution in [0.1, 0.15) is 100 Å². The Bertz CT molecular complexity index is 991. The van der Waals surface area contributed by atoms with Crippen LogP contribution in [0.25, 0.3) is 11.5 Å². The summed E-state index contributed by atoms with van der Waals surface area (Å²) in [4.78, 5) is 7.93. The molecule has 6 heteroatoms. The zero-order valence-corrected chi connectivity index (χ0v) is 25.4. The third-order valence-corrected chi connectivity index (χ3v) is 5.46. The van der Waals surface area contributed by atoms with Crippen molar-refractivity contribution in [2.75, 3.05) is 7.05 Å². The van der Waals surface area contributed by atoms with Crippen molar-refractivity contribution in [3.8, 4) is 0 Å². The van der Waals surface area contributed by atoms with E-state index in [9.17, 15) is 4.53 Å². The van der Waals surface area contributed by atoms with Crippen LogP contribution in [0, 0.1) is 20.8 Å². The lowest BCUT2D eigenvalue weighted by Crippen LogP contribution is -2.09. The summed E-state index contributed by atoms with van der Waals surface area (Å²) in [6, 6.07) is 9.77. The van der Waals surface area contributed by atoms with Gasteiger partial charge in [-0.25, -0.2) is 4.99 Å². The van der Waals surface area contributed by atoms with Crippen molar-refractivity contribution >= 4 is 23.0 Å². The van der Waals surface area contributed by atoms with Gasteiger partial charge in [-0.3, -0.25) is 4.94 Å². The average molecular weight is 529 g/mol. The van der Waals surface area contributed by atoms with E-state index in [2.05, 4.69) is 42.3 Å². The van der Waals surface area contributed by atoms with Gasteiger partial charge in [0.2, 0.25) is 0 Å². The first-order valence-electron chi connectivity index (χ1n) is 13.6. The Balaban J connectivity index is 0. The standard InChI is InChI=1S/C13H20N4.C10H11FO.C7H16.C2H6/c1-8-5-11(7-14)13(17-10(3)15)12(6-8)9(2)16-4;1-7-4-5-8(2)10(6-7)9(3)12-11;1-3-5-7-6-4-2;1-2/h5-6,16H,2,7,14H2,1,3-4H3,(H2,15,17);4-6H,3H2,1-2H3;3-7H2,1-2H3;1-2H3. The second-order valence-corrected chi connectivity index (χ2v) is 8.89. The van der Waals surface area contributed by atoms with Crippen LogP contribution in [0.2, 0.25) is 0 Å². The van der Waals surface area contributed by atoms with E-state index >= 15 is 0 Å². The monoisotopic (exact) mass is 528 g/mol. The quantitative estimate of drug-likeness (QED) is 0.124. The minimum Gasteiger partial charge on any atom is -0.388 e. The Morgan fingerprint density at radius 2 is 1.50 bits per heavy atom. The molecule has 214 valence electrons. The predicted octanol–water partition coefficient (Wildman–Crippen LogP) is 8.83. The van der Waals surface area contributed by atoms with Crippen LogP contribution in [0.5, 0.6) is 0 Å². The maximum atomic E-state index is 11.8. The van der Waals surface area contributed by atoms with E-state index in [-0.39, 0.29) is 5.76 Å². The van der Waals surface area contributed by atoms with E-state index in [1.807, 2.05) is 72.0 Å². The maximum Gasteiger partial charge on any atom is 0.172 e. The number of amidine groups is 1. The molecule has 2 aromatic rings. The molecule has 0 saturated carbocycles. The summed E-state index contributed by atoms with van der Waals surface area (Å²) in [6.07, 6.45) is 7.01. The van der Waals surface area contributed by atoms with E-state index < -0.39 is 0 Å². The fraction of sp³-hybridized carbons (Fsp3) is 0.469. The van der Waals surface area contributed by atoms with Crippen LogP contribution in [-0.2, 0) is 11.5 Å². The normalized spacial score (nSPS) is 10.0. The van der Waals surface area contributed by atoms with Crippen molar-refractivity contribution in [3.63, 3.8) is 0 Å². The lowest BCUT2D eigenvalue weighted by atomic mass is 10.0. The molecular formula is C32H53FN4O. The Morgan fingerprint density at radius 3 is 1.95 bits per heavy atom. The van der Waals surface area contributed by atoms with Gasteiger partial charge in [-0.2, -0.15) is 0 Å². The number of nitrogens with two attached hydrogens (primary N) is 2. The number of benzene rings is 2. The van der Waals surface area contributed by atoms with Gasteiger partial charge in [-0.1, -0.05) is 96.7 Å². The topological polar surface area (TPSA) is 85.7 Å². The summed E-state index contributed by atoms with van der Waals surface area (Å²) in [5.74, 6) is 0.574. The van der Waals surface area contributed by atoms with Crippen LogP contribution < -0.4 is 16.8 Å². The highest BCUT2D eigenvalue weighted by Gasteiger charge is 2.10. The Hall–Kier alpha value is -3.12. The summed E-state index contributed by atoms with van der Waals surface area (Å²) in [5, 5.41) is 3.03. The number of unbranched alkanes of at least 4 members (excludes halogenated alkanes) is 4. The smallest absolute Gasteiger partial charge is 0.172 e. The van der Waals surface area contributed by atoms with Gasteiger partial charge in [-0.15, -0.1) is 0 Å². The molecule has 0 aliphatic heterocycles. The van der Waals surface area contributed by atoms with Gasteiger partial charge >= 0.3 is 0 Å². The van der Waals surface area contributed by atoms with Crippen molar-refractivity contribution in [3.05, 3.63) is 76.9 Å². The number of hydrogen-bond donors (Lipinski definition) is 3. The molecule has 5 N–H and O–H groups in total. The first-order chi connectivity index (χ1) is 18.1. The molecule has 0 atom stereocenters. The van der Waals surface area contributed by atoms with Crippen molar-refractivity contribution < 1.29 is 9.47 Å². The molecule has 0 spiro atoms. The number of nitrogens with zero attached hydrogens (tertiary/aromatic N) is 1. The molecule has 0 aliphatic rings. The van der Waals surface area contributed by atoms with E-state index in [0.29, 0.717) is 12.4 Å². The van der Waals surface area contributed by atoms with E-state index in [4.69, 9.17) is 11.5 Å². The van der Waals surface area contributed by atoms with Gasteiger partial charge < -0.3 is 16.8 Å². The second kappa shape index (κ2) is 21.9. The lowest BCUT2D eigenvalue weighted by molar-refractivity contribution is -0.0417. The molecule has 0 amide bonds. The summed E-state index contributed by atoms with van der Waals surface area (Å²) >= 11 is 0. The fourth-order valence-electron chi connectivity index (χ4n) is 3.44. The molecule has 0 fully saturated rings. The van der Waals surface area contributed by atoms with Gasteiger partial charge in [0.15, 0.2) is 5.76 Å². The molecule has 2 aromatic carbocycles. The molecule has 2 rings (SSSR count). The summed E-state index contributed by atoms with van der Waals surface area (Å²) < 4.78 is 11.8. The maximum absolute atomic E-state index is 11.8. The molecule has 5 nitrogen and oxygen atoms in total. The zero-order chi connectivity index (χ0) is 29.7. The summed E-state index contributed by atoms with van der Waals surface area (Å²) in [5.41, 5.74) is 18.8. The van der Waals surface area contributed by atoms with E-state index in [1.165, 1.54) is 32.1 Å². The molecule has 0 aliphatic carbocycles. The van der Waals surface area contributed by atoms with Crippen LogP contribution >= 0.6 is 0 Å². The molecule has 0 bridgehead atoms. The van der Waals surface area contributed by atoms with Crippen molar-refractivity contribution in [1.29, 1.82) is 0 Å². The average Bonchev–Trinajstić information content (AvgIpc) is 2.91. The van der Waals surface area contributed by atoms with Crippen molar-refractivity contribution in [1.82, 2.24) is 5.32 Å². The molecule has 0 saturated heterocycles. The number of halogens is 1. The highest BCUT2D eigenvalue weighted by atomic mass is 19.3. The molecule has 0 aromatic heterocycles. The molecule has 0 radical (unpaired) electrons. The van der Waals surface area contributed by atoms with E-state index in [1.54, 1.807) is 6.92 Å². The fourth-order valence-corrected chi connectivity index (χ4v) is 3.44. The number of nitrogens with one attached hydrogen (secondary N) is 1.